The normalized spacial score (nSPS) is 21.0. The van der Waals surface area contributed by atoms with Crippen molar-refractivity contribution < 1.29 is 9.53 Å². The van der Waals surface area contributed by atoms with Crippen LogP contribution < -0.4 is 5.32 Å². The number of aromatic nitrogens is 2. The molecule has 0 unspecified atom stereocenters. The molecular formula is C12H18ClN3O2. The van der Waals surface area contributed by atoms with Crippen LogP contribution in [0.2, 0.25) is 5.02 Å². The summed E-state index contributed by atoms with van der Waals surface area (Å²) in [7, 11) is 1.77. The molecule has 0 saturated carbocycles. The van der Waals surface area contributed by atoms with Gasteiger partial charge in [-0.05, 0) is 26.7 Å². The number of hydrogen-bond acceptors (Lipinski definition) is 3. The van der Waals surface area contributed by atoms with Crippen molar-refractivity contribution >= 4 is 17.5 Å². The molecule has 18 heavy (non-hydrogen) atoms. The molecule has 0 radical (unpaired) electrons. The summed E-state index contributed by atoms with van der Waals surface area (Å²) < 4.78 is 7.14. The summed E-state index contributed by atoms with van der Waals surface area (Å²) in [6, 6.07) is -0.0293. The molecule has 1 N–H and O–H groups in total. The number of rotatable bonds is 3. The molecule has 1 fully saturated rings. The number of halogens is 1. The maximum absolute atomic E-state index is 12.1. The second-order valence-corrected chi connectivity index (χ2v) is 5.06. The Morgan fingerprint density at radius 2 is 2.39 bits per heavy atom. The Kier molecular flexibility index (Phi) is 3.92. The van der Waals surface area contributed by atoms with E-state index in [1.807, 2.05) is 13.8 Å². The molecule has 1 saturated heterocycles. The summed E-state index contributed by atoms with van der Waals surface area (Å²) in [5.74, 6) is -0.244. The smallest absolute Gasteiger partial charge is 0.273 e. The summed E-state index contributed by atoms with van der Waals surface area (Å²) in [6.45, 7) is 4.54. The van der Waals surface area contributed by atoms with Crippen LogP contribution in [0.3, 0.4) is 0 Å². The molecule has 6 heteroatoms. The minimum absolute atomic E-state index is 0.0293. The second-order valence-electron chi connectivity index (χ2n) is 4.69. The van der Waals surface area contributed by atoms with Gasteiger partial charge in [-0.1, -0.05) is 11.6 Å². The van der Waals surface area contributed by atoms with Crippen LogP contribution in [0, 0.1) is 6.92 Å². The van der Waals surface area contributed by atoms with Crippen molar-refractivity contribution in [2.24, 2.45) is 7.05 Å². The molecule has 0 bridgehead atoms. The summed E-state index contributed by atoms with van der Waals surface area (Å²) in [5, 5.41) is 7.43. The highest BCUT2D eigenvalue weighted by molar-refractivity contribution is 6.34. The lowest BCUT2D eigenvalue weighted by Crippen LogP contribution is -2.41. The van der Waals surface area contributed by atoms with Crippen molar-refractivity contribution in [2.45, 2.75) is 38.8 Å². The van der Waals surface area contributed by atoms with Gasteiger partial charge in [-0.3, -0.25) is 9.48 Å². The summed E-state index contributed by atoms with van der Waals surface area (Å²) >= 11 is 6.08. The van der Waals surface area contributed by atoms with E-state index < -0.39 is 0 Å². The Morgan fingerprint density at radius 1 is 1.67 bits per heavy atom. The fraction of sp³-hybridized carbons (Fsp3) is 0.667. The van der Waals surface area contributed by atoms with Gasteiger partial charge >= 0.3 is 0 Å². The van der Waals surface area contributed by atoms with Crippen LogP contribution in [0.5, 0.6) is 0 Å². The van der Waals surface area contributed by atoms with Gasteiger partial charge in [0.05, 0.1) is 22.9 Å². The maximum Gasteiger partial charge on any atom is 0.273 e. The van der Waals surface area contributed by atoms with E-state index in [1.54, 1.807) is 11.7 Å². The Hall–Kier alpha value is -1.07. The number of carbonyl (C=O) groups is 1. The van der Waals surface area contributed by atoms with E-state index in [0.717, 1.165) is 25.1 Å². The van der Waals surface area contributed by atoms with Gasteiger partial charge in [0.2, 0.25) is 0 Å². The second kappa shape index (κ2) is 5.28. The Bertz CT molecular complexity index is 452. The van der Waals surface area contributed by atoms with Crippen LogP contribution >= 0.6 is 11.6 Å². The minimum Gasteiger partial charge on any atom is -0.376 e. The van der Waals surface area contributed by atoms with Crippen LogP contribution in [0.15, 0.2) is 0 Å². The Morgan fingerprint density at radius 3 is 2.89 bits per heavy atom. The van der Waals surface area contributed by atoms with Crippen molar-refractivity contribution in [3.8, 4) is 0 Å². The lowest BCUT2D eigenvalue weighted by Gasteiger charge is -2.19. The number of hydrogen-bond donors (Lipinski definition) is 1. The van der Waals surface area contributed by atoms with Gasteiger partial charge < -0.3 is 10.1 Å². The van der Waals surface area contributed by atoms with E-state index in [2.05, 4.69) is 10.4 Å². The first-order chi connectivity index (χ1) is 8.50. The van der Waals surface area contributed by atoms with E-state index >= 15 is 0 Å². The van der Waals surface area contributed by atoms with E-state index in [-0.39, 0.29) is 23.7 Å². The SMILES string of the molecule is Cc1c(Cl)c(C(=O)N[C@H](C)[C@H]2CCCO2)nn1C. The van der Waals surface area contributed by atoms with Crippen LogP contribution in [0.4, 0.5) is 0 Å². The standard InChI is InChI=1S/C12H18ClN3O2/c1-7(9-5-4-6-18-9)14-12(17)11-10(13)8(2)16(3)15-11/h7,9H,4-6H2,1-3H3,(H,14,17)/t7-,9-/m1/s1. The molecule has 0 spiro atoms. The third kappa shape index (κ3) is 2.52. The molecule has 1 aliphatic rings. The monoisotopic (exact) mass is 271 g/mol. The zero-order chi connectivity index (χ0) is 13.3. The van der Waals surface area contributed by atoms with E-state index in [9.17, 15) is 4.79 Å². The van der Waals surface area contributed by atoms with Gasteiger partial charge in [-0.2, -0.15) is 5.10 Å². The van der Waals surface area contributed by atoms with Gasteiger partial charge in [-0.25, -0.2) is 0 Å². The predicted molar refractivity (Wildman–Crippen MR) is 68.9 cm³/mol. The number of nitrogens with one attached hydrogen (secondary N) is 1. The summed E-state index contributed by atoms with van der Waals surface area (Å²) in [5.41, 5.74) is 1.06. The fourth-order valence-corrected chi connectivity index (χ4v) is 2.34. The molecule has 5 nitrogen and oxygen atoms in total. The predicted octanol–water partition coefficient (Wildman–Crippen LogP) is 1.68. The van der Waals surface area contributed by atoms with Crippen LogP contribution in [0.1, 0.15) is 35.9 Å². The zero-order valence-corrected chi connectivity index (χ0v) is 11.6. The number of nitrogens with zero attached hydrogens (tertiary/aromatic N) is 2. The molecule has 1 amide bonds. The van der Waals surface area contributed by atoms with Crippen LogP contribution in [-0.2, 0) is 11.8 Å². The van der Waals surface area contributed by atoms with E-state index in [1.165, 1.54) is 0 Å². The lowest BCUT2D eigenvalue weighted by molar-refractivity contribution is 0.0709. The zero-order valence-electron chi connectivity index (χ0n) is 10.9. The molecule has 0 aliphatic carbocycles. The first kappa shape index (κ1) is 13.4. The number of amides is 1. The summed E-state index contributed by atoms with van der Waals surface area (Å²) in [4.78, 5) is 12.1. The topological polar surface area (TPSA) is 56.1 Å². The first-order valence-electron chi connectivity index (χ1n) is 6.12. The first-order valence-corrected chi connectivity index (χ1v) is 6.50. The van der Waals surface area contributed by atoms with Gasteiger partial charge in [-0.15, -0.1) is 0 Å². The van der Waals surface area contributed by atoms with Crippen LogP contribution in [0.25, 0.3) is 0 Å². The molecular weight excluding hydrogens is 254 g/mol. The van der Waals surface area contributed by atoms with Gasteiger partial charge in [0, 0.05) is 13.7 Å². The Balaban J connectivity index is 2.04. The number of carbonyl (C=O) groups excluding carboxylic acids is 1. The molecule has 1 aromatic heterocycles. The highest BCUT2D eigenvalue weighted by atomic mass is 35.5. The molecule has 1 aliphatic heterocycles. The number of aryl methyl sites for hydroxylation is 1. The third-order valence-electron chi connectivity index (χ3n) is 3.36. The highest BCUT2D eigenvalue weighted by Gasteiger charge is 2.26. The minimum atomic E-state index is -0.244. The maximum atomic E-state index is 12.1. The quantitative estimate of drug-likeness (QED) is 0.910. The molecule has 2 rings (SSSR count). The van der Waals surface area contributed by atoms with Crippen molar-refractivity contribution in [1.29, 1.82) is 0 Å². The van der Waals surface area contributed by atoms with E-state index in [4.69, 9.17) is 16.3 Å². The van der Waals surface area contributed by atoms with Crippen molar-refractivity contribution in [3.63, 3.8) is 0 Å². The average Bonchev–Trinajstić information content (AvgIpc) is 2.94. The van der Waals surface area contributed by atoms with Gasteiger partial charge in [0.15, 0.2) is 5.69 Å². The van der Waals surface area contributed by atoms with Crippen molar-refractivity contribution in [1.82, 2.24) is 15.1 Å². The number of ether oxygens (including phenoxy) is 1. The highest BCUT2D eigenvalue weighted by Crippen LogP contribution is 2.20. The van der Waals surface area contributed by atoms with Gasteiger partial charge in [0.1, 0.15) is 0 Å². The lowest BCUT2D eigenvalue weighted by atomic mass is 10.1. The van der Waals surface area contributed by atoms with Crippen molar-refractivity contribution in [2.75, 3.05) is 6.61 Å². The van der Waals surface area contributed by atoms with Gasteiger partial charge in [0.25, 0.3) is 5.91 Å². The van der Waals surface area contributed by atoms with Crippen molar-refractivity contribution in [3.05, 3.63) is 16.4 Å². The molecule has 0 aromatic carbocycles. The average molecular weight is 272 g/mol. The van der Waals surface area contributed by atoms with E-state index in [0.29, 0.717) is 5.02 Å². The largest absolute Gasteiger partial charge is 0.376 e. The third-order valence-corrected chi connectivity index (χ3v) is 3.81. The molecule has 1 aromatic rings. The molecule has 2 heterocycles. The summed E-state index contributed by atoms with van der Waals surface area (Å²) in [6.07, 6.45) is 2.13. The van der Waals surface area contributed by atoms with Crippen LogP contribution in [-0.4, -0.2) is 34.4 Å². The molecule has 100 valence electrons. The fourth-order valence-electron chi connectivity index (χ4n) is 2.09. The molecule has 2 atom stereocenters. The Labute approximate surface area is 111 Å².